The largest absolute Gasteiger partial charge is 0.381 e. The lowest BCUT2D eigenvalue weighted by molar-refractivity contribution is -0.108. The van der Waals surface area contributed by atoms with Crippen molar-refractivity contribution in [1.29, 1.82) is 0 Å². The van der Waals surface area contributed by atoms with Crippen LogP contribution in [0.1, 0.15) is 123 Å². The van der Waals surface area contributed by atoms with Crippen LogP contribution in [0.3, 0.4) is 0 Å². The van der Waals surface area contributed by atoms with E-state index < -0.39 is 0 Å². The van der Waals surface area contributed by atoms with E-state index in [9.17, 15) is 0 Å². The Balaban J connectivity index is 5.30. The van der Waals surface area contributed by atoms with Gasteiger partial charge in [0.05, 0.1) is 6.10 Å². The van der Waals surface area contributed by atoms with Crippen molar-refractivity contribution in [3.8, 4) is 0 Å². The lowest BCUT2D eigenvalue weighted by atomic mass is 9.53. The van der Waals surface area contributed by atoms with Gasteiger partial charge in [-0.1, -0.05) is 110 Å². The summed E-state index contributed by atoms with van der Waals surface area (Å²) in [4.78, 5) is 0. The minimum absolute atomic E-state index is 0.115. The SMILES string of the molecule is COC(C(C)C)C(C)(C)C(C)(C)CC(C)(C)C(C)(C)CCCC(C)C(C)(C)C. The molecule has 0 aliphatic rings. The molecule has 1 heteroatoms. The van der Waals surface area contributed by atoms with Gasteiger partial charge in [0.1, 0.15) is 0 Å². The zero-order valence-corrected chi connectivity index (χ0v) is 22.5. The van der Waals surface area contributed by atoms with Crippen LogP contribution in [0, 0.1) is 38.9 Å². The summed E-state index contributed by atoms with van der Waals surface area (Å²) in [6.07, 6.45) is 5.44. The van der Waals surface area contributed by atoms with Gasteiger partial charge in [-0.15, -0.1) is 0 Å². The molecule has 1 nitrogen and oxygen atoms in total. The molecule has 2 unspecified atom stereocenters. The zero-order chi connectivity index (χ0) is 22.8. The van der Waals surface area contributed by atoms with E-state index in [1.165, 1.54) is 25.7 Å². The average Bonchev–Trinajstić information content (AvgIpc) is 2.44. The van der Waals surface area contributed by atoms with Crippen LogP contribution in [-0.4, -0.2) is 13.2 Å². The van der Waals surface area contributed by atoms with E-state index >= 15 is 0 Å². The second kappa shape index (κ2) is 9.40. The van der Waals surface area contributed by atoms with Crippen molar-refractivity contribution in [3.05, 3.63) is 0 Å². The van der Waals surface area contributed by atoms with E-state index in [0.29, 0.717) is 16.7 Å². The number of ether oxygens (including phenoxy) is 1. The van der Waals surface area contributed by atoms with Gasteiger partial charge in [-0.25, -0.2) is 0 Å². The molecule has 0 aromatic rings. The highest BCUT2D eigenvalue weighted by Crippen LogP contribution is 2.56. The van der Waals surface area contributed by atoms with E-state index in [2.05, 4.69) is 96.9 Å². The van der Waals surface area contributed by atoms with Crippen molar-refractivity contribution in [3.63, 3.8) is 0 Å². The maximum absolute atomic E-state index is 5.99. The Morgan fingerprint density at radius 3 is 1.50 bits per heavy atom. The van der Waals surface area contributed by atoms with Gasteiger partial charge in [0.25, 0.3) is 0 Å². The predicted molar refractivity (Wildman–Crippen MR) is 128 cm³/mol. The first-order chi connectivity index (χ1) is 12.2. The highest BCUT2D eigenvalue weighted by atomic mass is 16.5. The maximum Gasteiger partial charge on any atom is 0.0650 e. The monoisotopic (exact) mass is 396 g/mol. The van der Waals surface area contributed by atoms with Gasteiger partial charge < -0.3 is 4.74 Å². The Labute approximate surface area is 179 Å². The Kier molecular flexibility index (Phi) is 9.39. The van der Waals surface area contributed by atoms with Crippen LogP contribution in [0.4, 0.5) is 0 Å². The van der Waals surface area contributed by atoms with Gasteiger partial charge in [0.15, 0.2) is 0 Å². The van der Waals surface area contributed by atoms with Crippen LogP contribution in [0.25, 0.3) is 0 Å². The van der Waals surface area contributed by atoms with Gasteiger partial charge in [-0.3, -0.25) is 0 Å². The highest BCUT2D eigenvalue weighted by molar-refractivity contribution is 4.99. The zero-order valence-electron chi connectivity index (χ0n) is 22.5. The van der Waals surface area contributed by atoms with Crippen LogP contribution < -0.4 is 0 Å². The highest BCUT2D eigenvalue weighted by Gasteiger charge is 2.49. The Morgan fingerprint density at radius 2 is 1.14 bits per heavy atom. The summed E-state index contributed by atoms with van der Waals surface area (Å²) in [5, 5.41) is 0. The van der Waals surface area contributed by atoms with Crippen LogP contribution >= 0.6 is 0 Å². The predicted octanol–water partition coefficient (Wildman–Crippen LogP) is 9.00. The quantitative estimate of drug-likeness (QED) is 0.338. The molecule has 0 radical (unpaired) electrons. The Morgan fingerprint density at radius 1 is 0.679 bits per heavy atom. The lowest BCUT2D eigenvalue weighted by Gasteiger charge is -2.54. The molecule has 0 saturated carbocycles. The molecule has 0 bridgehead atoms. The number of hydrogen-bond acceptors (Lipinski definition) is 1. The molecule has 0 aliphatic heterocycles. The molecule has 0 heterocycles. The van der Waals surface area contributed by atoms with Crippen molar-refractivity contribution in [2.75, 3.05) is 7.11 Å². The van der Waals surface area contributed by atoms with Gasteiger partial charge in [0, 0.05) is 7.11 Å². The van der Waals surface area contributed by atoms with Crippen LogP contribution in [0.2, 0.25) is 0 Å². The topological polar surface area (TPSA) is 9.23 Å². The molecule has 170 valence electrons. The summed E-state index contributed by atoms with van der Waals surface area (Å²) in [5.74, 6) is 1.30. The van der Waals surface area contributed by atoms with E-state index in [0.717, 1.165) is 5.92 Å². The molecule has 0 aromatic heterocycles. The molecule has 0 spiro atoms. The molecule has 0 saturated heterocycles. The fraction of sp³-hybridized carbons (Fsp3) is 1.00. The molecule has 0 aliphatic carbocycles. The smallest absolute Gasteiger partial charge is 0.0650 e. The van der Waals surface area contributed by atoms with Crippen LogP contribution in [0.15, 0.2) is 0 Å². The van der Waals surface area contributed by atoms with Crippen molar-refractivity contribution < 1.29 is 4.74 Å². The molecule has 28 heavy (non-hydrogen) atoms. The third-order valence-corrected chi connectivity index (χ3v) is 8.95. The van der Waals surface area contributed by atoms with E-state index in [1.54, 1.807) is 0 Å². The maximum atomic E-state index is 5.99. The molecule has 0 rings (SSSR count). The van der Waals surface area contributed by atoms with E-state index in [-0.39, 0.29) is 22.3 Å². The molecule has 0 fully saturated rings. The average molecular weight is 397 g/mol. The summed E-state index contributed by atoms with van der Waals surface area (Å²) in [6, 6.07) is 0. The fourth-order valence-electron chi connectivity index (χ4n) is 4.98. The first kappa shape index (κ1) is 28.0. The minimum atomic E-state index is 0.115. The molecule has 0 N–H and O–H groups in total. The summed E-state index contributed by atoms with van der Waals surface area (Å²) < 4.78 is 5.99. The Hall–Kier alpha value is -0.0400. The number of methoxy groups -OCH3 is 1. The van der Waals surface area contributed by atoms with Gasteiger partial charge >= 0.3 is 0 Å². The summed E-state index contributed by atoms with van der Waals surface area (Å²) in [6.45, 7) is 33.8. The normalized spacial score (nSPS) is 17.1. The second-order valence-electron chi connectivity index (χ2n) is 13.6. The van der Waals surface area contributed by atoms with Gasteiger partial charge in [0.2, 0.25) is 0 Å². The summed E-state index contributed by atoms with van der Waals surface area (Å²) >= 11 is 0. The number of rotatable bonds is 11. The van der Waals surface area contributed by atoms with Crippen LogP contribution in [-0.2, 0) is 4.74 Å². The van der Waals surface area contributed by atoms with Crippen molar-refractivity contribution in [2.45, 2.75) is 129 Å². The standard InChI is InChI=1S/C27H56O/c1-20(2)22(28-15)27(13,14)26(11,12)19-25(9,10)24(7,8)18-16-17-21(3)23(4,5)6/h20-22H,16-19H2,1-15H3. The van der Waals surface area contributed by atoms with Crippen molar-refractivity contribution in [2.24, 2.45) is 38.9 Å². The second-order valence-corrected chi connectivity index (χ2v) is 13.6. The molecule has 2 atom stereocenters. The summed E-state index contributed by atoms with van der Waals surface area (Å²) in [7, 11) is 1.88. The molecule has 0 aromatic carbocycles. The van der Waals surface area contributed by atoms with Gasteiger partial charge in [-0.05, 0) is 51.8 Å². The first-order valence-corrected chi connectivity index (χ1v) is 11.8. The summed E-state index contributed by atoms with van der Waals surface area (Å²) in [5.41, 5.74) is 1.31. The first-order valence-electron chi connectivity index (χ1n) is 11.8. The minimum Gasteiger partial charge on any atom is -0.381 e. The van der Waals surface area contributed by atoms with E-state index in [4.69, 9.17) is 4.74 Å². The third-order valence-electron chi connectivity index (χ3n) is 8.95. The van der Waals surface area contributed by atoms with Crippen LogP contribution in [0.5, 0.6) is 0 Å². The fourth-order valence-corrected chi connectivity index (χ4v) is 4.98. The van der Waals surface area contributed by atoms with E-state index in [1.807, 2.05) is 7.11 Å². The lowest BCUT2D eigenvalue weighted by Crippen LogP contribution is -2.49. The van der Waals surface area contributed by atoms with Gasteiger partial charge in [-0.2, -0.15) is 0 Å². The third kappa shape index (κ3) is 6.75. The van der Waals surface area contributed by atoms with Crippen molar-refractivity contribution >= 4 is 0 Å². The molecular weight excluding hydrogens is 340 g/mol. The van der Waals surface area contributed by atoms with Crippen molar-refractivity contribution in [1.82, 2.24) is 0 Å². The molecule has 0 amide bonds. The number of hydrogen-bond donors (Lipinski definition) is 0. The molecular formula is C27H56O. The Bertz CT molecular complexity index is 459.